The number of hydrogen-bond donors (Lipinski definition) is 0. The molecule has 31 heteroatoms. The Labute approximate surface area is 816 Å². The summed E-state index contributed by atoms with van der Waals surface area (Å²) in [5.74, 6) is -9.63. The number of nitrogens with zero attached hydrogens (tertiary/aromatic N) is 8. The molecule has 14 rings (SSSR count). The summed E-state index contributed by atoms with van der Waals surface area (Å²) in [5.41, 5.74) is 1.98. The number of methoxy groups -OCH3 is 4. The number of hydrogen-bond acceptors (Lipinski definition) is 22. The third kappa shape index (κ3) is 20.4. The van der Waals surface area contributed by atoms with E-state index in [1.165, 1.54) is 42.6 Å². The summed E-state index contributed by atoms with van der Waals surface area (Å²) < 4.78 is 59.4. The smallest absolute Gasteiger partial charge is 0.356 e. The van der Waals surface area contributed by atoms with Gasteiger partial charge in [0, 0.05) is 96.4 Å². The average molecular weight is 2020 g/mol. The van der Waals surface area contributed by atoms with Gasteiger partial charge in [0.15, 0.2) is 22.4 Å². The summed E-state index contributed by atoms with van der Waals surface area (Å²) in [4.78, 5) is 126. The van der Waals surface area contributed by atoms with Crippen LogP contribution in [0.15, 0.2) is 285 Å². The van der Waals surface area contributed by atoms with Crippen molar-refractivity contribution in [1.82, 2.24) is 38.5 Å². The van der Waals surface area contributed by atoms with Crippen molar-refractivity contribution in [1.29, 1.82) is 0 Å². The molecule has 2 saturated heterocycles. The van der Waals surface area contributed by atoms with Crippen molar-refractivity contribution < 1.29 is 75.6 Å². The van der Waals surface area contributed by atoms with E-state index in [1.807, 2.05) is 232 Å². The largest absolute Gasteiger partial charge is 0.457 e. The minimum atomic E-state index is -3.27. The molecule has 8 atom stereocenters. The number of amides is 2. The van der Waals surface area contributed by atoms with E-state index in [4.69, 9.17) is 47.0 Å². The molecule has 12 aromatic rings. The van der Waals surface area contributed by atoms with Crippen LogP contribution in [0.4, 0.5) is 0 Å². The molecule has 6 aromatic carbocycles. The van der Waals surface area contributed by atoms with Crippen molar-refractivity contribution in [2.75, 3.05) is 41.7 Å². The lowest BCUT2D eigenvalue weighted by atomic mass is 9.75. The molecule has 6 aromatic heterocycles. The number of ketones is 1. The van der Waals surface area contributed by atoms with Gasteiger partial charge in [-0.25, -0.2) is 19.6 Å². The molecule has 8 heterocycles. The van der Waals surface area contributed by atoms with Crippen molar-refractivity contribution in [3.05, 3.63) is 313 Å². The van der Waals surface area contributed by atoms with E-state index in [0.717, 1.165) is 46.0 Å². The van der Waals surface area contributed by atoms with E-state index in [1.54, 1.807) is 112 Å². The van der Waals surface area contributed by atoms with Crippen LogP contribution in [0.2, 0.25) is 36.3 Å². The number of carbonyl (C=O) groups is 7. The first-order valence-electron chi connectivity index (χ1n) is 45.0. The average Bonchev–Trinajstić information content (AvgIpc) is 1.15. The number of likely N-dealkylation sites (tertiary alicyclic amines) is 2. The Kier molecular flexibility index (Phi) is 33.1. The third-order valence-electron chi connectivity index (χ3n) is 26.1. The molecule has 0 radical (unpaired) electrons. The Balaban J connectivity index is 0.000000205. The molecular weight excluding hydrogens is 1890 g/mol. The van der Waals surface area contributed by atoms with Gasteiger partial charge in [-0.3, -0.25) is 42.7 Å². The van der Waals surface area contributed by atoms with E-state index in [2.05, 4.69) is 112 Å². The lowest BCUT2D eigenvalue weighted by Crippen LogP contribution is -2.71. The number of benzene rings is 6. The second-order valence-electron chi connectivity index (χ2n) is 37.6. The monoisotopic (exact) mass is 2010 g/mol. The number of imidazole rings is 2. The van der Waals surface area contributed by atoms with Gasteiger partial charge in [-0.1, -0.05) is 268 Å². The Morgan fingerprint density at radius 3 is 1.10 bits per heavy atom. The Morgan fingerprint density at radius 1 is 0.471 bits per heavy atom. The van der Waals surface area contributed by atoms with E-state index >= 15 is 19.2 Å². The first-order chi connectivity index (χ1) is 64.6. The lowest BCUT2D eigenvalue weighted by Gasteiger charge is -2.54. The van der Waals surface area contributed by atoms with Crippen LogP contribution in [0.5, 0.6) is 0 Å². The van der Waals surface area contributed by atoms with Gasteiger partial charge in [-0.2, -0.15) is 0 Å². The van der Waals surface area contributed by atoms with E-state index in [0.29, 0.717) is 26.7 Å². The van der Waals surface area contributed by atoms with Gasteiger partial charge in [0.2, 0.25) is 23.4 Å². The highest BCUT2D eigenvalue weighted by molar-refractivity contribution is 9.11. The molecule has 0 N–H and O–H groups in total. The van der Waals surface area contributed by atoms with Crippen LogP contribution < -0.4 is 31.8 Å². The van der Waals surface area contributed by atoms with Gasteiger partial charge in [0.1, 0.15) is 57.8 Å². The number of Topliss-reactive ketones (excluding diaryl/α,β-unsaturated/α-hetero) is 1. The zero-order valence-corrected chi connectivity index (χ0v) is 88.1. The molecule has 2 aliphatic rings. The number of ether oxygens (including phenoxy) is 7. The topological polar surface area (TPSA) is 269 Å². The van der Waals surface area contributed by atoms with E-state index in [-0.39, 0.29) is 51.7 Å². The Hall–Kier alpha value is -10.6. The predicted molar refractivity (Wildman–Crippen MR) is 551 cm³/mol. The summed E-state index contributed by atoms with van der Waals surface area (Å²) >= 11 is 6.31. The van der Waals surface area contributed by atoms with Crippen LogP contribution in [0, 0.1) is 29.1 Å². The summed E-state index contributed by atoms with van der Waals surface area (Å²) in [6, 6.07) is 64.2. The van der Waals surface area contributed by atoms with E-state index < -0.39 is 119 Å². The number of carbonyl (C=O) groups excluding carboxylic acids is 7. The van der Waals surface area contributed by atoms with Gasteiger partial charge >= 0.3 is 23.9 Å². The van der Waals surface area contributed by atoms with Gasteiger partial charge in [0.05, 0.1) is 56.1 Å². The quantitative estimate of drug-likeness (QED) is 0.00425. The zero-order valence-electron chi connectivity index (χ0n) is 81.0. The minimum Gasteiger partial charge on any atom is -0.457 e. The molecule has 2 amide bonds. The number of β-lactam (4-membered cyclic amide) rings is 2. The second kappa shape index (κ2) is 43.2. The Morgan fingerprint density at radius 2 is 0.794 bits per heavy atom. The molecule has 2 aliphatic heterocycles. The normalized spacial score (nSPS) is 16.5. The number of thiazole rings is 2. The van der Waals surface area contributed by atoms with Gasteiger partial charge in [-0.05, 0) is 138 Å². The number of fused-ring (bicyclic) bond motifs is 2. The predicted octanol–water partition coefficient (Wildman–Crippen LogP) is 18.1. The van der Waals surface area contributed by atoms with Crippen LogP contribution in [-0.4, -0.2) is 173 Å². The number of halogens is 1. The SMILES string of the molecule is C=CCOC(=O)C(N1C(=O)[C@H]([C@@H](C)O[Si](C)(C)C(C)(C)C)[C@H]1[C@@H](C)C(=O)OC(=O)C(C)(C)C)=P(c1ccccc1)(c1ccccc1)c1ccccc1.C=CCOC(=O)C(N1C(=O)[C@H]([C@@H](C)O[Si](C)(C)C(C)(C)C)[C@H]1[C@@H](C)C(=O)c1cn2cnc(C(OC)(OC)c3cccnc3)c2s1)=P(c1ccccc1)(c1ccccc1)c1ccccc1.COC(OC)(c1cccnc1)c1ncn2cc(Br)sc12. The highest BCUT2D eigenvalue weighted by Crippen LogP contribution is 2.55. The lowest BCUT2D eigenvalue weighted by molar-refractivity contribution is -0.185. The molecule has 0 unspecified atom stereocenters. The summed E-state index contributed by atoms with van der Waals surface area (Å²) in [7, 11) is 1.42. The summed E-state index contributed by atoms with van der Waals surface area (Å²) in [6.45, 7) is 34.5. The number of pyridine rings is 2. The number of rotatable bonds is 33. The fourth-order valence-electron chi connectivity index (χ4n) is 17.1. The summed E-state index contributed by atoms with van der Waals surface area (Å²) in [6.07, 6.45) is 15.6. The molecule has 0 spiro atoms. The Bertz CT molecular complexity index is 6160. The third-order valence-corrected chi connectivity index (χ3v) is 46.4. The van der Waals surface area contributed by atoms with Gasteiger partial charge in [-0.15, -0.1) is 22.7 Å². The van der Waals surface area contributed by atoms with Gasteiger partial charge < -0.3 is 51.8 Å². The zero-order chi connectivity index (χ0) is 98.8. The van der Waals surface area contributed by atoms with Crippen LogP contribution >= 0.6 is 52.4 Å². The maximum Gasteiger partial charge on any atom is 0.356 e. The maximum atomic E-state index is 15.5. The van der Waals surface area contributed by atoms with Crippen LogP contribution in [-0.2, 0) is 82.4 Å². The highest BCUT2D eigenvalue weighted by atomic mass is 79.9. The van der Waals surface area contributed by atoms with Crippen LogP contribution in [0.3, 0.4) is 0 Å². The fraction of sp³-hybridized carbons (Fsp3) is 0.343. The first kappa shape index (κ1) is 104. The molecule has 716 valence electrons. The molecule has 0 bridgehead atoms. The molecule has 24 nitrogen and oxygen atoms in total. The standard InChI is InChI=1S/C50H57N4O7PSSi.C42H54NO7PSi.C13H12BrN3O2S/c1-11-30-60-48(57)46(62(37-23-15-12-16-24-37,38-25-17-13-18-26-38)39-27-19-14-20-28-39)54-42(41(45(54)56)35(3)61-64(9,10)49(4,5)6)34(2)43(55)40-32-53-33-52-44(47(53)63-40)50(58-7,59-8)36-22-21-29-51-31-36;1-12-28-48-39(46)37(51(31-22-16-13-17-23-31,32-24-18-14-19-25-32)33-26-20-15-21-27-33)43-35(29(2)38(45)49-40(47)41(4,5)6)34(36(43)44)30(3)50-52(10,11)42(7,8)9;1-18-13(19-2,9-4-3-5-15-6-9)11-12-17(8-16-11)7-10(14)20-12/h11-29,31-35,41-42H,1,30H2,2-10H3;12-27,29-30,34-35H,1,28H2,2-11H3;3-8H,1-2H3/t34-,35-,41-,42-;29-,30-,34-,35-;/m11./s1. The number of aromatic nitrogens is 6. The van der Waals surface area contributed by atoms with Crippen molar-refractivity contribution in [3.63, 3.8) is 0 Å². The van der Waals surface area contributed by atoms with Crippen molar-refractivity contribution in [2.45, 2.75) is 162 Å². The minimum absolute atomic E-state index is 0.0853. The van der Waals surface area contributed by atoms with Crippen LogP contribution in [0.25, 0.3) is 9.66 Å². The van der Waals surface area contributed by atoms with Crippen molar-refractivity contribution in [2.24, 2.45) is 29.1 Å². The molecule has 0 saturated carbocycles. The molecule has 0 aliphatic carbocycles. The molecular formula is C105H123BrN8O16P2S2Si2. The van der Waals surface area contributed by atoms with Crippen molar-refractivity contribution >= 4 is 163 Å². The maximum absolute atomic E-state index is 15.5. The van der Waals surface area contributed by atoms with Gasteiger partial charge in [0.25, 0.3) is 0 Å². The molecule has 136 heavy (non-hydrogen) atoms. The first-order valence-corrected chi connectivity index (χ1v) is 56.8. The van der Waals surface area contributed by atoms with E-state index in [9.17, 15) is 14.4 Å². The molecule has 2 fully saturated rings. The van der Waals surface area contributed by atoms with Crippen molar-refractivity contribution in [3.8, 4) is 0 Å². The number of esters is 4. The highest BCUT2D eigenvalue weighted by Gasteiger charge is 2.62. The fourth-order valence-corrected chi connectivity index (χ4v) is 31.4. The second-order valence-corrected chi connectivity index (χ2v) is 57.1. The summed E-state index contributed by atoms with van der Waals surface area (Å²) in [5, 5.41) is 4.67. The van der Waals surface area contributed by atoms with Crippen LogP contribution in [0.1, 0.15) is 122 Å².